The number of methoxy groups -OCH3 is 2. The molecular weight excluding hydrogens is 360 g/mol. The van der Waals surface area contributed by atoms with Gasteiger partial charge in [-0.15, -0.1) is 0 Å². The maximum Gasteiger partial charge on any atom is 0.310 e. The molecule has 146 valence electrons. The largest absolute Gasteiger partial charge is 0.493 e. The predicted octanol–water partition coefficient (Wildman–Crippen LogP) is 4.04. The number of aryl methyl sites for hydroxylation is 2. The van der Waals surface area contributed by atoms with E-state index in [2.05, 4.69) is 0 Å². The van der Waals surface area contributed by atoms with Gasteiger partial charge < -0.3 is 18.6 Å². The fourth-order valence-electron chi connectivity index (χ4n) is 2.97. The summed E-state index contributed by atoms with van der Waals surface area (Å²) >= 11 is 0. The van der Waals surface area contributed by atoms with Crippen molar-refractivity contribution in [2.24, 2.45) is 0 Å². The summed E-state index contributed by atoms with van der Waals surface area (Å²) in [6.45, 7) is 3.64. The molecular formula is C22H22O6. The third-order valence-electron chi connectivity index (χ3n) is 4.75. The van der Waals surface area contributed by atoms with Crippen molar-refractivity contribution in [1.82, 2.24) is 0 Å². The van der Waals surface area contributed by atoms with Crippen LogP contribution in [0.2, 0.25) is 0 Å². The summed E-state index contributed by atoms with van der Waals surface area (Å²) in [4.78, 5) is 24.5. The normalized spacial score (nSPS) is 10.7. The van der Waals surface area contributed by atoms with Crippen molar-refractivity contribution < 1.29 is 28.2 Å². The van der Waals surface area contributed by atoms with Gasteiger partial charge >= 0.3 is 5.97 Å². The highest BCUT2D eigenvalue weighted by atomic mass is 16.5. The third kappa shape index (κ3) is 3.86. The summed E-state index contributed by atoms with van der Waals surface area (Å²) in [5, 5.41) is 0.881. The molecule has 0 saturated carbocycles. The standard InChI is InChI=1S/C22H22O6/c1-13-5-7-17-16(11-28-22(17)14(13)2)10-21(24)27-12-18(23)15-6-8-19(25-3)20(9-15)26-4/h5-9,11H,10,12H2,1-4H3. The average molecular weight is 382 g/mol. The van der Waals surface area contributed by atoms with Crippen LogP contribution in [0.15, 0.2) is 41.0 Å². The molecule has 0 aliphatic rings. The lowest BCUT2D eigenvalue weighted by Crippen LogP contribution is -2.15. The summed E-state index contributed by atoms with van der Waals surface area (Å²) < 4.78 is 21.1. The molecule has 0 saturated heterocycles. The minimum atomic E-state index is -0.491. The van der Waals surface area contributed by atoms with Gasteiger partial charge in [0.15, 0.2) is 23.9 Å². The molecule has 0 aliphatic heterocycles. The van der Waals surface area contributed by atoms with Gasteiger partial charge in [0.05, 0.1) is 26.9 Å². The number of rotatable bonds is 7. The van der Waals surface area contributed by atoms with Crippen molar-refractivity contribution in [3.8, 4) is 11.5 Å². The summed E-state index contributed by atoms with van der Waals surface area (Å²) in [5.74, 6) is 0.149. The Morgan fingerprint density at radius 1 is 1.00 bits per heavy atom. The molecule has 0 unspecified atom stereocenters. The number of hydrogen-bond acceptors (Lipinski definition) is 6. The molecule has 0 bridgehead atoms. The first-order chi connectivity index (χ1) is 13.4. The van der Waals surface area contributed by atoms with Gasteiger partial charge in [-0.2, -0.15) is 0 Å². The first-order valence-corrected chi connectivity index (χ1v) is 8.81. The van der Waals surface area contributed by atoms with Crippen LogP contribution in [0.25, 0.3) is 11.0 Å². The number of carbonyl (C=O) groups is 2. The lowest BCUT2D eigenvalue weighted by molar-refractivity contribution is -0.141. The topological polar surface area (TPSA) is 75.0 Å². The summed E-state index contributed by atoms with van der Waals surface area (Å²) in [5.41, 5.74) is 4.05. The van der Waals surface area contributed by atoms with E-state index in [1.165, 1.54) is 14.2 Å². The van der Waals surface area contributed by atoms with Gasteiger partial charge in [-0.25, -0.2) is 0 Å². The van der Waals surface area contributed by atoms with E-state index in [-0.39, 0.29) is 18.8 Å². The Bertz CT molecular complexity index is 1030. The minimum absolute atomic E-state index is 0.0364. The molecule has 6 nitrogen and oxygen atoms in total. The van der Waals surface area contributed by atoms with E-state index in [1.807, 2.05) is 26.0 Å². The second-order valence-electron chi connectivity index (χ2n) is 6.48. The molecule has 1 aromatic heterocycles. The highest BCUT2D eigenvalue weighted by Crippen LogP contribution is 2.28. The van der Waals surface area contributed by atoms with Crippen molar-refractivity contribution in [2.75, 3.05) is 20.8 Å². The maximum absolute atomic E-state index is 12.3. The van der Waals surface area contributed by atoms with E-state index in [1.54, 1.807) is 24.5 Å². The van der Waals surface area contributed by atoms with E-state index in [0.29, 0.717) is 17.1 Å². The fraction of sp³-hybridized carbons (Fsp3) is 0.273. The zero-order valence-electron chi connectivity index (χ0n) is 16.3. The zero-order valence-corrected chi connectivity index (χ0v) is 16.3. The molecule has 1 heterocycles. The second kappa shape index (κ2) is 8.17. The Morgan fingerprint density at radius 2 is 1.75 bits per heavy atom. The number of furan rings is 1. The Balaban J connectivity index is 1.65. The van der Waals surface area contributed by atoms with Crippen LogP contribution in [0.3, 0.4) is 0 Å². The summed E-state index contributed by atoms with van der Waals surface area (Å²) in [6.07, 6.45) is 1.60. The monoisotopic (exact) mass is 382 g/mol. The van der Waals surface area contributed by atoms with Crippen LogP contribution in [0, 0.1) is 13.8 Å². The summed E-state index contributed by atoms with van der Waals surface area (Å²) in [7, 11) is 3.01. The lowest BCUT2D eigenvalue weighted by Gasteiger charge is -2.09. The number of fused-ring (bicyclic) bond motifs is 1. The van der Waals surface area contributed by atoms with Crippen LogP contribution >= 0.6 is 0 Å². The molecule has 0 amide bonds. The number of hydrogen-bond donors (Lipinski definition) is 0. The van der Waals surface area contributed by atoms with E-state index >= 15 is 0 Å². The smallest absolute Gasteiger partial charge is 0.310 e. The van der Waals surface area contributed by atoms with Crippen molar-refractivity contribution in [1.29, 1.82) is 0 Å². The minimum Gasteiger partial charge on any atom is -0.493 e. The van der Waals surface area contributed by atoms with Crippen LogP contribution in [-0.2, 0) is 16.0 Å². The van der Waals surface area contributed by atoms with Crippen LogP contribution in [0.5, 0.6) is 11.5 Å². The van der Waals surface area contributed by atoms with E-state index in [9.17, 15) is 9.59 Å². The van der Waals surface area contributed by atoms with Crippen molar-refractivity contribution in [2.45, 2.75) is 20.3 Å². The quantitative estimate of drug-likeness (QED) is 0.454. The second-order valence-corrected chi connectivity index (χ2v) is 6.48. The van der Waals surface area contributed by atoms with Crippen molar-refractivity contribution in [3.05, 3.63) is 58.8 Å². The fourth-order valence-corrected chi connectivity index (χ4v) is 2.97. The van der Waals surface area contributed by atoms with Crippen LogP contribution in [0.4, 0.5) is 0 Å². The number of Topliss-reactive ketones (excluding diaryl/α,β-unsaturated/α-hetero) is 1. The maximum atomic E-state index is 12.3. The van der Waals surface area contributed by atoms with Gasteiger partial charge in [0.25, 0.3) is 0 Å². The molecule has 0 atom stereocenters. The first kappa shape index (κ1) is 19.5. The summed E-state index contributed by atoms with van der Waals surface area (Å²) in [6, 6.07) is 8.72. The third-order valence-corrected chi connectivity index (χ3v) is 4.75. The molecule has 0 N–H and O–H groups in total. The van der Waals surface area contributed by atoms with Gasteiger partial charge in [-0.1, -0.05) is 12.1 Å². The van der Waals surface area contributed by atoms with E-state index in [0.717, 1.165) is 27.7 Å². The molecule has 6 heteroatoms. The molecule has 2 aromatic carbocycles. The molecule has 28 heavy (non-hydrogen) atoms. The average Bonchev–Trinajstić information content (AvgIpc) is 3.11. The molecule has 0 fully saturated rings. The van der Waals surface area contributed by atoms with Crippen molar-refractivity contribution >= 4 is 22.7 Å². The number of carbonyl (C=O) groups excluding carboxylic acids is 2. The predicted molar refractivity (Wildman–Crippen MR) is 104 cm³/mol. The Morgan fingerprint density at radius 3 is 2.46 bits per heavy atom. The molecule has 0 aliphatic carbocycles. The van der Waals surface area contributed by atoms with Gasteiger partial charge in [0, 0.05) is 16.5 Å². The van der Waals surface area contributed by atoms with Crippen LogP contribution < -0.4 is 9.47 Å². The van der Waals surface area contributed by atoms with E-state index in [4.69, 9.17) is 18.6 Å². The van der Waals surface area contributed by atoms with Gasteiger partial charge in [-0.05, 0) is 43.2 Å². The molecule has 0 radical (unpaired) electrons. The molecule has 3 rings (SSSR count). The highest BCUT2D eigenvalue weighted by molar-refractivity contribution is 5.98. The lowest BCUT2D eigenvalue weighted by atomic mass is 10.0. The number of benzene rings is 2. The number of esters is 1. The Labute approximate surface area is 163 Å². The molecule has 0 spiro atoms. The number of ether oxygens (including phenoxy) is 3. The van der Waals surface area contributed by atoms with E-state index < -0.39 is 5.97 Å². The van der Waals surface area contributed by atoms with Gasteiger partial charge in [0.1, 0.15) is 5.58 Å². The Kier molecular flexibility index (Phi) is 5.68. The van der Waals surface area contributed by atoms with Crippen LogP contribution in [-0.4, -0.2) is 32.6 Å². The van der Waals surface area contributed by atoms with Crippen molar-refractivity contribution in [3.63, 3.8) is 0 Å². The van der Waals surface area contributed by atoms with Crippen LogP contribution in [0.1, 0.15) is 27.0 Å². The Hall–Kier alpha value is -3.28. The zero-order chi connectivity index (χ0) is 20.3. The first-order valence-electron chi connectivity index (χ1n) is 8.81. The SMILES string of the molecule is COc1ccc(C(=O)COC(=O)Cc2coc3c(C)c(C)ccc23)cc1OC. The number of ketones is 1. The van der Waals surface area contributed by atoms with Gasteiger partial charge in [-0.3, -0.25) is 9.59 Å². The molecule has 3 aromatic rings. The van der Waals surface area contributed by atoms with Gasteiger partial charge in [0.2, 0.25) is 0 Å². The highest BCUT2D eigenvalue weighted by Gasteiger charge is 2.16.